The first-order valence-electron chi connectivity index (χ1n) is 7.67. The molecule has 8 heteroatoms. The minimum Gasteiger partial charge on any atom is -0.480 e. The molecule has 0 amide bonds. The van der Waals surface area contributed by atoms with Crippen LogP contribution in [0, 0.1) is 5.92 Å². The van der Waals surface area contributed by atoms with Crippen LogP contribution >= 0.6 is 0 Å². The zero-order valence-corrected chi connectivity index (χ0v) is 13.7. The van der Waals surface area contributed by atoms with Crippen LogP contribution in [0.2, 0.25) is 0 Å². The molecule has 1 saturated heterocycles. The van der Waals surface area contributed by atoms with E-state index in [9.17, 15) is 18.3 Å². The summed E-state index contributed by atoms with van der Waals surface area (Å²) in [5.41, 5.74) is -0.629. The zero-order chi connectivity index (χ0) is 16.7. The summed E-state index contributed by atoms with van der Waals surface area (Å²) in [7, 11) is -3.83. The van der Waals surface area contributed by atoms with E-state index in [2.05, 4.69) is 10.0 Å². The number of aliphatic carboxylic acids is 1. The Labute approximate surface area is 135 Å². The van der Waals surface area contributed by atoms with Gasteiger partial charge in [0.05, 0.1) is 0 Å². The van der Waals surface area contributed by atoms with Gasteiger partial charge in [-0.1, -0.05) is 37.3 Å². The number of carboxylic acids is 1. The second-order valence-electron chi connectivity index (χ2n) is 6.11. The van der Waals surface area contributed by atoms with Crippen molar-refractivity contribution in [1.29, 1.82) is 0 Å². The van der Waals surface area contributed by atoms with Gasteiger partial charge >= 0.3 is 5.97 Å². The van der Waals surface area contributed by atoms with Gasteiger partial charge in [0, 0.05) is 32.1 Å². The Morgan fingerprint density at radius 2 is 1.91 bits per heavy atom. The van der Waals surface area contributed by atoms with Crippen molar-refractivity contribution in [1.82, 2.24) is 14.3 Å². The summed E-state index contributed by atoms with van der Waals surface area (Å²) in [6.07, 6.45) is 0. The van der Waals surface area contributed by atoms with Gasteiger partial charge in [0.1, 0.15) is 5.54 Å². The molecule has 23 heavy (non-hydrogen) atoms. The summed E-state index contributed by atoms with van der Waals surface area (Å²) >= 11 is 0. The summed E-state index contributed by atoms with van der Waals surface area (Å²) in [5, 5.41) is 12.8. The topological polar surface area (TPSA) is 98.7 Å². The summed E-state index contributed by atoms with van der Waals surface area (Å²) in [6.45, 7) is 3.59. The smallest absolute Gasteiger partial charge is 0.325 e. The molecule has 1 aromatic rings. The fourth-order valence-electron chi connectivity index (χ4n) is 3.46. The van der Waals surface area contributed by atoms with Crippen molar-refractivity contribution in [3.8, 4) is 0 Å². The van der Waals surface area contributed by atoms with Gasteiger partial charge in [0.15, 0.2) is 0 Å². The van der Waals surface area contributed by atoms with Crippen LogP contribution in [0.5, 0.6) is 0 Å². The minimum atomic E-state index is -3.83. The predicted octanol–water partition coefficient (Wildman–Crippen LogP) is -0.0171. The van der Waals surface area contributed by atoms with E-state index >= 15 is 0 Å². The normalized spacial score (nSPS) is 31.7. The number of hydrogen-bond donors (Lipinski definition) is 3. The molecule has 1 unspecified atom stereocenters. The van der Waals surface area contributed by atoms with E-state index in [1.807, 2.05) is 30.3 Å². The van der Waals surface area contributed by atoms with E-state index < -0.39 is 21.7 Å². The summed E-state index contributed by atoms with van der Waals surface area (Å²) in [5.74, 6) is -1.79. The third kappa shape index (κ3) is 2.76. The molecule has 7 nitrogen and oxygen atoms in total. The van der Waals surface area contributed by atoms with Gasteiger partial charge in [0.25, 0.3) is 10.2 Å². The van der Waals surface area contributed by atoms with E-state index in [1.54, 1.807) is 6.92 Å². The van der Waals surface area contributed by atoms with Crippen molar-refractivity contribution in [3.63, 3.8) is 0 Å². The predicted molar refractivity (Wildman–Crippen MR) is 85.2 cm³/mol. The van der Waals surface area contributed by atoms with Crippen molar-refractivity contribution in [3.05, 3.63) is 35.9 Å². The SMILES string of the molecule is CC1[C@H](c2ccccc2)[C@]1(NS(=O)(=O)N1CCNCC1)C(=O)O. The van der Waals surface area contributed by atoms with Gasteiger partial charge in [-0.3, -0.25) is 4.79 Å². The Balaban J connectivity index is 1.87. The molecule has 126 valence electrons. The Morgan fingerprint density at radius 3 is 2.48 bits per heavy atom. The molecule has 1 aliphatic carbocycles. The largest absolute Gasteiger partial charge is 0.480 e. The van der Waals surface area contributed by atoms with Crippen LogP contribution in [0.25, 0.3) is 0 Å². The van der Waals surface area contributed by atoms with E-state index in [1.165, 1.54) is 4.31 Å². The summed E-state index contributed by atoms with van der Waals surface area (Å²) < 4.78 is 29.0. The lowest BCUT2D eigenvalue weighted by molar-refractivity contribution is -0.140. The molecule has 3 N–H and O–H groups in total. The van der Waals surface area contributed by atoms with Crippen LogP contribution in [0.3, 0.4) is 0 Å². The molecule has 2 aliphatic rings. The highest BCUT2D eigenvalue weighted by atomic mass is 32.2. The van der Waals surface area contributed by atoms with E-state index in [0.717, 1.165) is 5.56 Å². The maximum atomic E-state index is 12.6. The highest BCUT2D eigenvalue weighted by Crippen LogP contribution is 2.57. The quantitative estimate of drug-likeness (QED) is 0.700. The Hall–Kier alpha value is -1.48. The van der Waals surface area contributed by atoms with Gasteiger partial charge in [-0.15, -0.1) is 0 Å². The highest BCUT2D eigenvalue weighted by Gasteiger charge is 2.70. The molecule has 0 bridgehead atoms. The van der Waals surface area contributed by atoms with Gasteiger partial charge in [-0.25, -0.2) is 0 Å². The number of carbonyl (C=O) groups is 1. The number of hydrogen-bond acceptors (Lipinski definition) is 4. The van der Waals surface area contributed by atoms with Crippen molar-refractivity contribution < 1.29 is 18.3 Å². The van der Waals surface area contributed by atoms with Gasteiger partial charge in [-0.2, -0.15) is 17.4 Å². The lowest BCUT2D eigenvalue weighted by Gasteiger charge is -2.28. The lowest BCUT2D eigenvalue weighted by Crippen LogP contribution is -2.55. The number of nitrogens with zero attached hydrogens (tertiary/aromatic N) is 1. The zero-order valence-electron chi connectivity index (χ0n) is 12.9. The van der Waals surface area contributed by atoms with Crippen molar-refractivity contribution in [2.45, 2.75) is 18.4 Å². The van der Waals surface area contributed by atoms with E-state index in [0.29, 0.717) is 26.2 Å². The van der Waals surface area contributed by atoms with Crippen LogP contribution < -0.4 is 10.0 Å². The maximum Gasteiger partial charge on any atom is 0.325 e. The van der Waals surface area contributed by atoms with Crippen LogP contribution in [0.4, 0.5) is 0 Å². The maximum absolute atomic E-state index is 12.6. The molecule has 1 heterocycles. The number of piperazine rings is 1. The first-order chi connectivity index (χ1) is 10.9. The number of nitrogens with one attached hydrogen (secondary N) is 2. The second kappa shape index (κ2) is 5.86. The molecule has 1 aromatic carbocycles. The van der Waals surface area contributed by atoms with E-state index in [-0.39, 0.29) is 11.8 Å². The highest BCUT2D eigenvalue weighted by molar-refractivity contribution is 7.87. The molecule has 0 radical (unpaired) electrons. The molecule has 0 aromatic heterocycles. The summed E-state index contributed by atoms with van der Waals surface area (Å²) in [6, 6.07) is 9.19. The monoisotopic (exact) mass is 339 g/mol. The second-order valence-corrected chi connectivity index (χ2v) is 7.78. The van der Waals surface area contributed by atoms with Crippen LogP contribution in [0.1, 0.15) is 18.4 Å². The van der Waals surface area contributed by atoms with Gasteiger partial charge in [-0.05, 0) is 11.5 Å². The van der Waals surface area contributed by atoms with Crippen LogP contribution in [-0.2, 0) is 15.0 Å². The fraction of sp³-hybridized carbons (Fsp3) is 0.533. The minimum absolute atomic E-state index is 0.305. The van der Waals surface area contributed by atoms with Crippen LogP contribution in [0.15, 0.2) is 30.3 Å². The molecule has 3 atom stereocenters. The molecule has 1 saturated carbocycles. The standard InChI is InChI=1S/C15H21N3O4S/c1-11-13(12-5-3-2-4-6-12)15(11,14(19)20)17-23(21,22)18-9-7-16-8-10-18/h2-6,11,13,16-17H,7-10H2,1H3,(H,19,20)/t11?,13-,15+/m1/s1. The molecule has 3 rings (SSSR count). The van der Waals surface area contributed by atoms with Gasteiger partial charge < -0.3 is 10.4 Å². The lowest BCUT2D eigenvalue weighted by atomic mass is 10.1. The first-order valence-corrected chi connectivity index (χ1v) is 9.11. The van der Waals surface area contributed by atoms with Gasteiger partial charge in [0.2, 0.25) is 0 Å². The molecule has 2 fully saturated rings. The Morgan fingerprint density at radius 1 is 1.30 bits per heavy atom. The molecule has 0 spiro atoms. The Bertz CT molecular complexity index is 688. The average Bonchev–Trinajstić information content (AvgIpc) is 3.13. The molecule has 1 aliphatic heterocycles. The van der Waals surface area contributed by atoms with E-state index in [4.69, 9.17) is 0 Å². The van der Waals surface area contributed by atoms with Crippen molar-refractivity contribution in [2.24, 2.45) is 5.92 Å². The molecular formula is C15H21N3O4S. The number of benzene rings is 1. The summed E-state index contributed by atoms with van der Waals surface area (Å²) in [4.78, 5) is 11.9. The Kier molecular flexibility index (Phi) is 4.18. The van der Waals surface area contributed by atoms with Crippen LogP contribution in [-0.4, -0.2) is 55.5 Å². The van der Waals surface area contributed by atoms with Crippen molar-refractivity contribution in [2.75, 3.05) is 26.2 Å². The third-order valence-electron chi connectivity index (χ3n) is 4.83. The number of carboxylic acid groups (broad SMARTS) is 1. The average molecular weight is 339 g/mol. The molecular weight excluding hydrogens is 318 g/mol. The third-order valence-corrected chi connectivity index (χ3v) is 6.47. The first kappa shape index (κ1) is 16.4. The number of rotatable bonds is 5. The fourth-order valence-corrected chi connectivity index (χ4v) is 5.08. The van der Waals surface area contributed by atoms with Crippen molar-refractivity contribution >= 4 is 16.2 Å².